The third kappa shape index (κ3) is 2.85. The van der Waals surface area contributed by atoms with Crippen LogP contribution < -0.4 is 5.32 Å². The quantitative estimate of drug-likeness (QED) is 0.795. The van der Waals surface area contributed by atoms with Gasteiger partial charge in [-0.05, 0) is 36.3 Å². The summed E-state index contributed by atoms with van der Waals surface area (Å²) in [6, 6.07) is 11.4. The first-order chi connectivity index (χ1) is 7.56. The number of rotatable bonds is 2. The lowest BCUT2D eigenvalue weighted by Gasteiger charge is -2.27. The first-order valence-corrected chi connectivity index (χ1v) is 6.34. The van der Waals surface area contributed by atoms with E-state index in [4.69, 9.17) is 0 Å². The van der Waals surface area contributed by atoms with Crippen LogP contribution in [-0.4, -0.2) is 6.54 Å². The van der Waals surface area contributed by atoms with Crippen LogP contribution >= 0.6 is 0 Å². The molecule has 88 valence electrons. The van der Waals surface area contributed by atoms with Crippen LogP contribution in [0.3, 0.4) is 0 Å². The molecule has 0 radical (unpaired) electrons. The highest BCUT2D eigenvalue weighted by Crippen LogP contribution is 2.37. The smallest absolute Gasteiger partial charge is 0.0349 e. The zero-order valence-corrected chi connectivity index (χ0v) is 10.7. The minimum atomic E-state index is 0.434. The Bertz CT molecular complexity index is 323. The molecule has 1 nitrogen and oxygen atoms in total. The Hall–Kier alpha value is -0.820. The largest absolute Gasteiger partial charge is 0.310 e. The molecule has 1 heterocycles. The molecule has 0 bridgehead atoms. The van der Waals surface area contributed by atoms with Gasteiger partial charge in [-0.15, -0.1) is 0 Å². The summed E-state index contributed by atoms with van der Waals surface area (Å²) in [4.78, 5) is 0. The molecule has 1 fully saturated rings. The molecule has 1 aliphatic rings. The molecule has 0 saturated carbocycles. The van der Waals surface area contributed by atoms with Crippen molar-refractivity contribution in [2.45, 2.75) is 39.7 Å². The Morgan fingerprint density at radius 1 is 1.19 bits per heavy atom. The van der Waals surface area contributed by atoms with Crippen LogP contribution in [-0.2, 0) is 0 Å². The average Bonchev–Trinajstić information content (AvgIpc) is 2.64. The Kier molecular flexibility index (Phi) is 3.34. The molecular weight excluding hydrogens is 194 g/mol. The summed E-state index contributed by atoms with van der Waals surface area (Å²) < 4.78 is 0. The van der Waals surface area contributed by atoms with Crippen molar-refractivity contribution in [3.8, 4) is 0 Å². The minimum Gasteiger partial charge on any atom is -0.310 e. The van der Waals surface area contributed by atoms with E-state index in [1.165, 1.54) is 24.9 Å². The number of benzene rings is 1. The lowest BCUT2D eigenvalue weighted by atomic mass is 9.80. The van der Waals surface area contributed by atoms with Crippen molar-refractivity contribution in [1.82, 2.24) is 5.32 Å². The number of nitrogens with one attached hydrogen (secondary N) is 1. The monoisotopic (exact) mass is 217 g/mol. The maximum Gasteiger partial charge on any atom is 0.0349 e. The molecule has 0 amide bonds. The van der Waals surface area contributed by atoms with Crippen LogP contribution in [0.25, 0.3) is 0 Å². The maximum atomic E-state index is 3.65. The highest BCUT2D eigenvalue weighted by atomic mass is 15.0. The molecule has 0 spiro atoms. The van der Waals surface area contributed by atoms with E-state index in [2.05, 4.69) is 56.4 Å². The maximum absolute atomic E-state index is 3.65. The van der Waals surface area contributed by atoms with Gasteiger partial charge in [-0.25, -0.2) is 0 Å². The molecule has 2 rings (SSSR count). The molecule has 1 aromatic rings. The summed E-state index contributed by atoms with van der Waals surface area (Å²) >= 11 is 0. The van der Waals surface area contributed by atoms with E-state index in [0.717, 1.165) is 5.92 Å². The fourth-order valence-corrected chi connectivity index (χ4v) is 2.81. The van der Waals surface area contributed by atoms with E-state index >= 15 is 0 Å². The fourth-order valence-electron chi connectivity index (χ4n) is 2.81. The van der Waals surface area contributed by atoms with Gasteiger partial charge in [-0.2, -0.15) is 0 Å². The molecule has 1 aromatic carbocycles. The third-order valence-corrected chi connectivity index (χ3v) is 3.38. The van der Waals surface area contributed by atoms with Gasteiger partial charge >= 0.3 is 0 Å². The number of hydrogen-bond acceptors (Lipinski definition) is 1. The molecule has 1 N–H and O–H groups in total. The Morgan fingerprint density at radius 2 is 1.88 bits per heavy atom. The molecule has 16 heavy (non-hydrogen) atoms. The van der Waals surface area contributed by atoms with Crippen molar-refractivity contribution in [2.24, 2.45) is 11.3 Å². The Morgan fingerprint density at radius 3 is 2.50 bits per heavy atom. The molecule has 1 heteroatoms. The summed E-state index contributed by atoms with van der Waals surface area (Å²) in [6.07, 6.45) is 2.62. The van der Waals surface area contributed by atoms with Gasteiger partial charge in [0.15, 0.2) is 0 Å². The van der Waals surface area contributed by atoms with Gasteiger partial charge in [0.05, 0.1) is 0 Å². The molecular formula is C15H23N. The van der Waals surface area contributed by atoms with E-state index < -0.39 is 0 Å². The molecule has 0 aliphatic carbocycles. The van der Waals surface area contributed by atoms with Crippen LogP contribution in [0.5, 0.6) is 0 Å². The molecule has 0 aromatic heterocycles. The molecule has 1 aliphatic heterocycles. The molecule has 2 atom stereocenters. The standard InChI is InChI=1S/C15H23N/c1-15(2,3)11-13-9-10-16-14(13)12-7-5-4-6-8-12/h4-8,13-14,16H,9-11H2,1-3H3. The summed E-state index contributed by atoms with van der Waals surface area (Å²) in [5, 5.41) is 3.65. The van der Waals surface area contributed by atoms with E-state index in [0.29, 0.717) is 11.5 Å². The van der Waals surface area contributed by atoms with Crippen molar-refractivity contribution in [3.05, 3.63) is 35.9 Å². The summed E-state index contributed by atoms with van der Waals surface area (Å²) in [5.41, 5.74) is 1.89. The average molecular weight is 217 g/mol. The van der Waals surface area contributed by atoms with Gasteiger partial charge in [-0.1, -0.05) is 51.1 Å². The van der Waals surface area contributed by atoms with Crippen LogP contribution in [0.4, 0.5) is 0 Å². The fraction of sp³-hybridized carbons (Fsp3) is 0.600. The first-order valence-electron chi connectivity index (χ1n) is 6.34. The minimum absolute atomic E-state index is 0.434. The van der Waals surface area contributed by atoms with Crippen molar-refractivity contribution in [2.75, 3.05) is 6.54 Å². The lowest BCUT2D eigenvalue weighted by Crippen LogP contribution is -2.21. The topological polar surface area (TPSA) is 12.0 Å². The Balaban J connectivity index is 2.10. The number of hydrogen-bond donors (Lipinski definition) is 1. The van der Waals surface area contributed by atoms with E-state index in [9.17, 15) is 0 Å². The van der Waals surface area contributed by atoms with Crippen LogP contribution in [0.1, 0.15) is 45.2 Å². The zero-order chi connectivity index (χ0) is 11.6. The normalized spacial score (nSPS) is 25.9. The Labute approximate surface area is 99.3 Å². The zero-order valence-electron chi connectivity index (χ0n) is 10.7. The second-order valence-electron chi connectivity index (χ2n) is 6.16. The molecule has 1 saturated heterocycles. The predicted molar refractivity (Wildman–Crippen MR) is 69.4 cm³/mol. The predicted octanol–water partition coefficient (Wildman–Crippen LogP) is 3.77. The van der Waals surface area contributed by atoms with Crippen molar-refractivity contribution < 1.29 is 0 Å². The van der Waals surface area contributed by atoms with E-state index in [-0.39, 0.29) is 0 Å². The third-order valence-electron chi connectivity index (χ3n) is 3.38. The SMILES string of the molecule is CC(C)(C)CC1CCNC1c1ccccc1. The molecule has 2 unspecified atom stereocenters. The van der Waals surface area contributed by atoms with E-state index in [1.807, 2.05) is 0 Å². The van der Waals surface area contributed by atoms with E-state index in [1.54, 1.807) is 0 Å². The second kappa shape index (κ2) is 4.58. The summed E-state index contributed by atoms with van der Waals surface area (Å²) in [6.45, 7) is 8.19. The van der Waals surface area contributed by atoms with Crippen molar-refractivity contribution in [3.63, 3.8) is 0 Å². The van der Waals surface area contributed by atoms with Crippen molar-refractivity contribution in [1.29, 1.82) is 0 Å². The van der Waals surface area contributed by atoms with Gasteiger partial charge < -0.3 is 5.32 Å². The van der Waals surface area contributed by atoms with Crippen LogP contribution in [0.2, 0.25) is 0 Å². The van der Waals surface area contributed by atoms with Crippen LogP contribution in [0.15, 0.2) is 30.3 Å². The summed E-state index contributed by atoms with van der Waals surface area (Å²) in [7, 11) is 0. The lowest BCUT2D eigenvalue weighted by molar-refractivity contribution is 0.276. The van der Waals surface area contributed by atoms with Gasteiger partial charge in [0, 0.05) is 6.04 Å². The highest BCUT2D eigenvalue weighted by Gasteiger charge is 2.30. The van der Waals surface area contributed by atoms with Crippen molar-refractivity contribution >= 4 is 0 Å². The van der Waals surface area contributed by atoms with Gasteiger partial charge in [0.1, 0.15) is 0 Å². The van der Waals surface area contributed by atoms with Gasteiger partial charge in [0.2, 0.25) is 0 Å². The highest BCUT2D eigenvalue weighted by molar-refractivity contribution is 5.20. The summed E-state index contributed by atoms with van der Waals surface area (Å²) in [5.74, 6) is 0.794. The first kappa shape index (κ1) is 11.7. The second-order valence-corrected chi connectivity index (χ2v) is 6.16. The van der Waals surface area contributed by atoms with Crippen LogP contribution in [0, 0.1) is 11.3 Å². The van der Waals surface area contributed by atoms with Gasteiger partial charge in [0.25, 0.3) is 0 Å². The van der Waals surface area contributed by atoms with Gasteiger partial charge in [-0.3, -0.25) is 0 Å².